The van der Waals surface area contributed by atoms with E-state index in [0.29, 0.717) is 17.2 Å². The zero-order valence-corrected chi connectivity index (χ0v) is 17.6. The fourth-order valence-corrected chi connectivity index (χ4v) is 3.08. The van der Waals surface area contributed by atoms with Crippen molar-refractivity contribution >= 4 is 23.3 Å². The Kier molecular flexibility index (Phi) is 6.26. The van der Waals surface area contributed by atoms with Crippen LogP contribution in [0.1, 0.15) is 25.0 Å². The molecule has 9 heteroatoms. The lowest BCUT2D eigenvalue weighted by Gasteiger charge is -2.11. The summed E-state index contributed by atoms with van der Waals surface area (Å²) in [6.45, 7) is 4.00. The molecular weight excluding hydrogens is 406 g/mol. The van der Waals surface area contributed by atoms with Crippen LogP contribution < -0.4 is 10.6 Å². The Morgan fingerprint density at radius 1 is 0.906 bits per heavy atom. The first-order valence-electron chi connectivity index (χ1n) is 10.2. The molecule has 0 radical (unpaired) electrons. The number of amides is 1. The fraction of sp³-hybridized carbons (Fsp3) is 0.130. The van der Waals surface area contributed by atoms with Gasteiger partial charge in [0.25, 0.3) is 11.8 Å². The number of carbonyl (C=O) groups excluding carboxylic acids is 1. The molecule has 1 aliphatic rings. The van der Waals surface area contributed by atoms with Crippen LogP contribution in [0.15, 0.2) is 82.5 Å². The van der Waals surface area contributed by atoms with Gasteiger partial charge in [-0.25, -0.2) is 15.0 Å². The van der Waals surface area contributed by atoms with Gasteiger partial charge in [0.15, 0.2) is 0 Å². The van der Waals surface area contributed by atoms with Crippen molar-refractivity contribution in [3.63, 3.8) is 0 Å². The van der Waals surface area contributed by atoms with E-state index in [1.807, 2.05) is 68.4 Å². The van der Waals surface area contributed by atoms with Crippen molar-refractivity contribution in [2.24, 2.45) is 4.99 Å². The first-order chi connectivity index (χ1) is 15.8. The van der Waals surface area contributed by atoms with E-state index < -0.39 is 6.17 Å². The van der Waals surface area contributed by atoms with Gasteiger partial charge in [-0.1, -0.05) is 67.5 Å². The van der Waals surface area contributed by atoms with Crippen molar-refractivity contribution in [2.45, 2.75) is 20.0 Å². The average Bonchev–Trinajstić information content (AvgIpc) is 3.28. The van der Waals surface area contributed by atoms with Gasteiger partial charge in [-0.05, 0) is 12.1 Å². The molecule has 0 spiro atoms. The summed E-state index contributed by atoms with van der Waals surface area (Å²) in [6, 6.07) is 18.9. The number of fused-ring (bicyclic) bond motifs is 1. The molecule has 0 saturated heterocycles. The molecule has 2 aromatic carbocycles. The minimum absolute atomic E-state index is 0.0414. The van der Waals surface area contributed by atoms with Crippen molar-refractivity contribution in [2.75, 3.05) is 10.6 Å². The SMILES string of the molecule is CC.O=C1Nc2ccccc2C(c2ccccc2)=NC1Nc1nnc(-c2ncccn2)o1. The van der Waals surface area contributed by atoms with E-state index in [1.165, 1.54) is 0 Å². The minimum atomic E-state index is -0.974. The zero-order chi connectivity index (χ0) is 22.3. The van der Waals surface area contributed by atoms with Crippen molar-refractivity contribution in [1.29, 1.82) is 0 Å². The molecule has 1 atom stereocenters. The number of benzene rings is 2. The molecule has 0 saturated carbocycles. The van der Waals surface area contributed by atoms with Gasteiger partial charge < -0.3 is 15.1 Å². The topological polar surface area (TPSA) is 118 Å². The maximum Gasteiger partial charge on any atom is 0.317 e. The van der Waals surface area contributed by atoms with Crippen LogP contribution in [-0.4, -0.2) is 37.9 Å². The van der Waals surface area contributed by atoms with Gasteiger partial charge in [-0.2, -0.15) is 0 Å². The lowest BCUT2D eigenvalue weighted by Crippen LogP contribution is -2.32. The Morgan fingerprint density at radius 3 is 2.41 bits per heavy atom. The number of aromatic nitrogens is 4. The first-order valence-corrected chi connectivity index (χ1v) is 10.2. The van der Waals surface area contributed by atoms with E-state index in [-0.39, 0.29) is 17.8 Å². The molecule has 2 N–H and O–H groups in total. The fourth-order valence-electron chi connectivity index (χ4n) is 3.08. The molecule has 32 heavy (non-hydrogen) atoms. The quantitative estimate of drug-likeness (QED) is 0.509. The van der Waals surface area contributed by atoms with Crippen LogP contribution in [0.5, 0.6) is 0 Å². The molecule has 5 rings (SSSR count). The summed E-state index contributed by atoms with van der Waals surface area (Å²) in [4.78, 5) is 25.7. The van der Waals surface area contributed by atoms with Gasteiger partial charge in [0.2, 0.25) is 12.0 Å². The molecule has 3 heterocycles. The third-order valence-electron chi connectivity index (χ3n) is 4.44. The number of aliphatic imine (C=N–C) groups is 1. The second-order valence-electron chi connectivity index (χ2n) is 6.41. The Morgan fingerprint density at radius 2 is 1.62 bits per heavy atom. The number of para-hydroxylation sites is 1. The standard InChI is InChI=1S/C21H15N7O2.C2H6/c29-19-17(26-21-28-27-20(30-21)18-22-11-6-12-23-18)25-16(13-7-2-1-3-8-13)14-9-4-5-10-15(14)24-19;1-2/h1-12,17H,(H,24,29)(H,26,28);1-2H3. The molecule has 1 amide bonds. The zero-order valence-electron chi connectivity index (χ0n) is 17.6. The van der Waals surface area contributed by atoms with Gasteiger partial charge >= 0.3 is 6.01 Å². The highest BCUT2D eigenvalue weighted by molar-refractivity contribution is 6.19. The molecule has 0 bridgehead atoms. The Balaban J connectivity index is 0.00000119. The van der Waals surface area contributed by atoms with Gasteiger partial charge in [0.1, 0.15) is 0 Å². The van der Waals surface area contributed by atoms with Gasteiger partial charge in [-0.15, -0.1) is 5.10 Å². The molecule has 4 aromatic rings. The maximum atomic E-state index is 12.8. The van der Waals surface area contributed by atoms with Crippen LogP contribution in [0.2, 0.25) is 0 Å². The molecule has 9 nitrogen and oxygen atoms in total. The van der Waals surface area contributed by atoms with Crippen LogP contribution in [-0.2, 0) is 4.79 Å². The first kappa shape index (κ1) is 20.9. The van der Waals surface area contributed by atoms with E-state index in [4.69, 9.17) is 4.42 Å². The molecule has 1 aliphatic heterocycles. The number of hydrogen-bond acceptors (Lipinski definition) is 8. The van der Waals surface area contributed by atoms with Gasteiger partial charge in [-0.3, -0.25) is 4.79 Å². The van der Waals surface area contributed by atoms with Crippen molar-refractivity contribution in [1.82, 2.24) is 20.2 Å². The molecule has 1 unspecified atom stereocenters. The van der Waals surface area contributed by atoms with E-state index in [1.54, 1.807) is 18.5 Å². The van der Waals surface area contributed by atoms with Gasteiger partial charge in [0, 0.05) is 23.5 Å². The predicted molar refractivity (Wildman–Crippen MR) is 121 cm³/mol. The summed E-state index contributed by atoms with van der Waals surface area (Å²) >= 11 is 0. The molecule has 0 aliphatic carbocycles. The van der Waals surface area contributed by atoms with Crippen LogP contribution in [0.3, 0.4) is 0 Å². The van der Waals surface area contributed by atoms with Crippen molar-refractivity contribution in [3.8, 4) is 11.7 Å². The summed E-state index contributed by atoms with van der Waals surface area (Å²) in [5.74, 6) is 0.0935. The van der Waals surface area contributed by atoms with E-state index in [0.717, 1.165) is 11.1 Å². The smallest absolute Gasteiger partial charge is 0.317 e. The van der Waals surface area contributed by atoms with Crippen LogP contribution >= 0.6 is 0 Å². The lowest BCUT2D eigenvalue weighted by molar-refractivity contribution is -0.116. The van der Waals surface area contributed by atoms with Gasteiger partial charge in [0.05, 0.1) is 11.4 Å². The highest BCUT2D eigenvalue weighted by atomic mass is 16.4. The largest absolute Gasteiger partial charge is 0.400 e. The Labute approximate surface area is 184 Å². The highest BCUT2D eigenvalue weighted by Gasteiger charge is 2.27. The number of carbonyl (C=O) groups is 1. The number of nitrogens with one attached hydrogen (secondary N) is 2. The van der Waals surface area contributed by atoms with Crippen molar-refractivity contribution in [3.05, 3.63) is 84.2 Å². The number of rotatable bonds is 4. The summed E-state index contributed by atoms with van der Waals surface area (Å²) in [6.07, 6.45) is 2.18. The summed E-state index contributed by atoms with van der Waals surface area (Å²) in [7, 11) is 0. The highest BCUT2D eigenvalue weighted by Crippen LogP contribution is 2.25. The monoisotopic (exact) mass is 427 g/mol. The lowest BCUT2D eigenvalue weighted by atomic mass is 10.0. The maximum absolute atomic E-state index is 12.8. The molecular formula is C23H21N7O2. The normalized spacial score (nSPS) is 14.8. The van der Waals surface area contributed by atoms with Crippen LogP contribution in [0, 0.1) is 0 Å². The van der Waals surface area contributed by atoms with E-state index >= 15 is 0 Å². The van der Waals surface area contributed by atoms with Crippen LogP contribution in [0.25, 0.3) is 11.7 Å². The van der Waals surface area contributed by atoms with Crippen LogP contribution in [0.4, 0.5) is 11.7 Å². The molecule has 160 valence electrons. The summed E-state index contributed by atoms with van der Waals surface area (Å²) < 4.78 is 5.57. The second kappa shape index (κ2) is 9.61. The number of hydrogen-bond donors (Lipinski definition) is 2. The third kappa shape index (κ3) is 4.36. The number of nitrogens with zero attached hydrogens (tertiary/aromatic N) is 5. The number of anilines is 2. The third-order valence-corrected chi connectivity index (χ3v) is 4.44. The van der Waals surface area contributed by atoms with E-state index in [9.17, 15) is 4.79 Å². The Bertz CT molecular complexity index is 1220. The minimum Gasteiger partial charge on any atom is -0.400 e. The molecule has 0 fully saturated rings. The summed E-state index contributed by atoms with van der Waals surface area (Å²) in [5.41, 5.74) is 3.06. The van der Waals surface area contributed by atoms with E-state index in [2.05, 4.69) is 35.8 Å². The molecule has 2 aromatic heterocycles. The second-order valence-corrected chi connectivity index (χ2v) is 6.41. The number of benzodiazepines with no additional fused rings is 1. The predicted octanol–water partition coefficient (Wildman–Crippen LogP) is 3.78. The van der Waals surface area contributed by atoms with Crippen molar-refractivity contribution < 1.29 is 9.21 Å². The average molecular weight is 427 g/mol. The summed E-state index contributed by atoms with van der Waals surface area (Å²) in [5, 5.41) is 13.7. The Hall–Kier alpha value is -4.40.